The van der Waals surface area contributed by atoms with Crippen LogP contribution in [0.4, 0.5) is 10.3 Å². The Kier molecular flexibility index (Phi) is 3.53. The van der Waals surface area contributed by atoms with Gasteiger partial charge in [-0.15, -0.1) is 0 Å². The highest BCUT2D eigenvalue weighted by molar-refractivity contribution is 5.56. The number of nitrogens with one attached hydrogen (secondary N) is 1. The van der Waals surface area contributed by atoms with Crippen LogP contribution in [0.5, 0.6) is 0 Å². The molecule has 3 heterocycles. The third-order valence-corrected chi connectivity index (χ3v) is 5.32. The molecule has 0 atom stereocenters. The molecule has 1 N–H and O–H groups in total. The van der Waals surface area contributed by atoms with Gasteiger partial charge in [0.2, 0.25) is 5.95 Å². The second kappa shape index (κ2) is 5.94. The maximum atomic E-state index is 13.3. The van der Waals surface area contributed by atoms with Crippen LogP contribution >= 0.6 is 0 Å². The summed E-state index contributed by atoms with van der Waals surface area (Å²) in [7, 11) is 0. The van der Waals surface area contributed by atoms with Gasteiger partial charge in [0.1, 0.15) is 5.82 Å². The fraction of sp³-hybridized carbons (Fsp3) is 0.316. The molecule has 0 aromatic carbocycles. The van der Waals surface area contributed by atoms with E-state index in [1.165, 1.54) is 42.3 Å². The van der Waals surface area contributed by atoms with Crippen LogP contribution in [-0.4, -0.2) is 30.3 Å². The maximum absolute atomic E-state index is 13.3. The average molecular weight is 364 g/mol. The van der Waals surface area contributed by atoms with Crippen LogP contribution in [0.1, 0.15) is 24.8 Å². The number of halogens is 1. The molecule has 0 aliphatic heterocycles. The molecule has 3 saturated carbocycles. The standard InChI is InChI=1S/C19H17FN6O/c20-15-3-12(7-21-10-15)11-26-17(27)2-1-16(25-26)14-8-22-18(23-9-14)24-19-4-13(5-19)6-19/h1-3,7-10,13H,4-6,11H2,(H,22,23,24). The van der Waals surface area contributed by atoms with Gasteiger partial charge in [-0.1, -0.05) is 0 Å². The molecule has 2 bridgehead atoms. The molecular weight excluding hydrogens is 347 g/mol. The lowest BCUT2D eigenvalue weighted by molar-refractivity contribution is 0.00146. The van der Waals surface area contributed by atoms with Crippen LogP contribution in [0.3, 0.4) is 0 Å². The number of hydrogen-bond acceptors (Lipinski definition) is 6. The van der Waals surface area contributed by atoms with Crippen molar-refractivity contribution in [3.05, 3.63) is 64.7 Å². The van der Waals surface area contributed by atoms with Gasteiger partial charge >= 0.3 is 0 Å². The van der Waals surface area contributed by atoms with Gasteiger partial charge in [0.15, 0.2) is 0 Å². The highest BCUT2D eigenvalue weighted by Crippen LogP contribution is 2.58. The second-order valence-corrected chi connectivity index (χ2v) is 7.40. The summed E-state index contributed by atoms with van der Waals surface area (Å²) in [5.41, 5.74) is 1.80. The number of hydrogen-bond donors (Lipinski definition) is 1. The molecule has 27 heavy (non-hydrogen) atoms. The lowest BCUT2D eigenvalue weighted by atomic mass is 9.50. The molecule has 3 aliphatic carbocycles. The molecule has 7 nitrogen and oxygen atoms in total. The fourth-order valence-electron chi connectivity index (χ4n) is 3.82. The van der Waals surface area contributed by atoms with Crippen molar-refractivity contribution in [2.75, 3.05) is 5.32 Å². The Labute approximate surface area is 154 Å². The van der Waals surface area contributed by atoms with Gasteiger partial charge in [-0.2, -0.15) is 5.10 Å². The summed E-state index contributed by atoms with van der Waals surface area (Å²) in [4.78, 5) is 24.7. The van der Waals surface area contributed by atoms with Crippen molar-refractivity contribution in [3.63, 3.8) is 0 Å². The van der Waals surface area contributed by atoms with E-state index in [2.05, 4.69) is 25.4 Å². The van der Waals surface area contributed by atoms with Crippen LogP contribution in [0.15, 0.2) is 47.8 Å². The molecule has 3 aromatic heterocycles. The highest BCUT2D eigenvalue weighted by Gasteiger charge is 2.56. The van der Waals surface area contributed by atoms with Crippen molar-refractivity contribution in [3.8, 4) is 11.3 Å². The molecule has 0 unspecified atom stereocenters. The predicted octanol–water partition coefficient (Wildman–Crippen LogP) is 2.25. The van der Waals surface area contributed by atoms with E-state index in [1.807, 2.05) is 0 Å². The third-order valence-electron chi connectivity index (χ3n) is 5.32. The first-order valence-corrected chi connectivity index (χ1v) is 8.87. The molecule has 3 aromatic rings. The Bertz CT molecular complexity index is 1050. The minimum atomic E-state index is -0.447. The van der Waals surface area contributed by atoms with Crippen molar-refractivity contribution >= 4 is 5.95 Å². The van der Waals surface area contributed by atoms with E-state index in [9.17, 15) is 9.18 Å². The van der Waals surface area contributed by atoms with Crippen LogP contribution in [0, 0.1) is 11.7 Å². The zero-order chi connectivity index (χ0) is 18.4. The Morgan fingerprint density at radius 3 is 2.59 bits per heavy atom. The first-order valence-electron chi connectivity index (χ1n) is 8.87. The summed E-state index contributed by atoms with van der Waals surface area (Å²) in [5, 5.41) is 7.78. The quantitative estimate of drug-likeness (QED) is 0.747. The Morgan fingerprint density at radius 1 is 1.15 bits per heavy atom. The van der Waals surface area contributed by atoms with Crippen LogP contribution in [-0.2, 0) is 6.54 Å². The first kappa shape index (κ1) is 16.0. The number of pyridine rings is 1. The van der Waals surface area contributed by atoms with Crippen molar-refractivity contribution in [2.45, 2.75) is 31.3 Å². The fourth-order valence-corrected chi connectivity index (χ4v) is 3.82. The van der Waals surface area contributed by atoms with Gasteiger partial charge in [0.05, 0.1) is 18.4 Å². The normalized spacial score (nSPS) is 22.6. The first-order chi connectivity index (χ1) is 13.1. The zero-order valence-electron chi connectivity index (χ0n) is 14.5. The number of rotatable bonds is 5. The second-order valence-electron chi connectivity index (χ2n) is 7.40. The molecule has 3 fully saturated rings. The van der Waals surface area contributed by atoms with Gasteiger partial charge in [0.25, 0.3) is 5.56 Å². The van der Waals surface area contributed by atoms with Crippen molar-refractivity contribution in [2.24, 2.45) is 5.92 Å². The third kappa shape index (κ3) is 2.97. The number of nitrogens with zero attached hydrogens (tertiary/aromatic N) is 5. The number of aromatic nitrogens is 5. The van der Waals surface area contributed by atoms with Crippen LogP contribution in [0.25, 0.3) is 11.3 Å². The lowest BCUT2D eigenvalue weighted by Crippen LogP contribution is -2.63. The van der Waals surface area contributed by atoms with E-state index >= 15 is 0 Å². The average Bonchev–Trinajstić information content (AvgIpc) is 2.60. The maximum Gasteiger partial charge on any atom is 0.267 e. The molecular formula is C19H17FN6O. The largest absolute Gasteiger partial charge is 0.349 e. The predicted molar refractivity (Wildman–Crippen MR) is 96.5 cm³/mol. The van der Waals surface area contributed by atoms with E-state index < -0.39 is 5.82 Å². The Morgan fingerprint density at radius 2 is 1.93 bits per heavy atom. The van der Waals surface area contributed by atoms with E-state index in [1.54, 1.807) is 18.5 Å². The smallest absolute Gasteiger partial charge is 0.267 e. The monoisotopic (exact) mass is 364 g/mol. The molecule has 136 valence electrons. The molecule has 0 amide bonds. The SMILES string of the molecule is O=c1ccc(-c2cnc(NC34CC(C3)C4)nc2)nn1Cc1cncc(F)c1. The summed E-state index contributed by atoms with van der Waals surface area (Å²) in [6.07, 6.45) is 9.65. The lowest BCUT2D eigenvalue weighted by Gasteiger charge is -2.61. The van der Waals surface area contributed by atoms with Gasteiger partial charge in [0, 0.05) is 35.8 Å². The summed E-state index contributed by atoms with van der Waals surface area (Å²) in [6, 6.07) is 4.40. The van der Waals surface area contributed by atoms with Crippen LogP contribution < -0.4 is 10.9 Å². The topological polar surface area (TPSA) is 85.6 Å². The minimum absolute atomic E-state index is 0.140. The molecule has 6 rings (SSSR count). The molecule has 8 heteroatoms. The van der Waals surface area contributed by atoms with Gasteiger partial charge in [-0.05, 0) is 42.9 Å². The Hall–Kier alpha value is -3.16. The molecule has 0 saturated heterocycles. The molecule has 0 radical (unpaired) electrons. The number of anilines is 1. The van der Waals surface area contributed by atoms with Gasteiger partial charge < -0.3 is 5.32 Å². The van der Waals surface area contributed by atoms with Crippen molar-refractivity contribution < 1.29 is 4.39 Å². The van der Waals surface area contributed by atoms with Gasteiger partial charge in [-0.25, -0.2) is 19.0 Å². The zero-order valence-corrected chi connectivity index (χ0v) is 14.5. The van der Waals surface area contributed by atoms with Crippen LogP contribution in [0.2, 0.25) is 0 Å². The highest BCUT2D eigenvalue weighted by atomic mass is 19.1. The summed E-state index contributed by atoms with van der Waals surface area (Å²) in [6.45, 7) is 0.140. The molecule has 3 aliphatic rings. The van der Waals surface area contributed by atoms with Gasteiger partial charge in [-0.3, -0.25) is 9.78 Å². The van der Waals surface area contributed by atoms with Crippen molar-refractivity contribution in [1.29, 1.82) is 0 Å². The molecule has 0 spiro atoms. The van der Waals surface area contributed by atoms with E-state index in [0.29, 0.717) is 22.8 Å². The summed E-state index contributed by atoms with van der Waals surface area (Å²) >= 11 is 0. The van der Waals surface area contributed by atoms with E-state index in [4.69, 9.17) is 0 Å². The summed E-state index contributed by atoms with van der Waals surface area (Å²) in [5.74, 6) is 1.06. The Balaban J connectivity index is 1.37. The van der Waals surface area contributed by atoms with E-state index in [-0.39, 0.29) is 17.6 Å². The van der Waals surface area contributed by atoms with E-state index in [0.717, 1.165) is 12.1 Å². The van der Waals surface area contributed by atoms with Crippen molar-refractivity contribution in [1.82, 2.24) is 24.7 Å². The summed E-state index contributed by atoms with van der Waals surface area (Å²) < 4.78 is 14.6. The minimum Gasteiger partial charge on any atom is -0.349 e.